The molecule has 0 spiro atoms. The number of carbonyl (C=O) groups excluding carboxylic acids is 1. The number of aliphatic hydroxyl groups excluding tert-OH is 1. The average Bonchev–Trinajstić information content (AvgIpc) is 3.45. The number of nitrogens with one attached hydrogen (secondary N) is 1. The summed E-state index contributed by atoms with van der Waals surface area (Å²) in [7, 11) is 0. The molecule has 0 aliphatic heterocycles. The molecule has 3 heteroatoms. The van der Waals surface area contributed by atoms with E-state index >= 15 is 0 Å². The number of aliphatic hydroxyl groups is 1. The summed E-state index contributed by atoms with van der Waals surface area (Å²) >= 11 is 0. The molecule has 2 N–H and O–H groups in total. The first kappa shape index (κ1) is 17.5. The second kappa shape index (κ2) is 7.69. The summed E-state index contributed by atoms with van der Waals surface area (Å²) in [5.41, 5.74) is 2.49. The summed E-state index contributed by atoms with van der Waals surface area (Å²) in [5.74, 6) is 1.16. The van der Waals surface area contributed by atoms with Gasteiger partial charge >= 0.3 is 0 Å². The molecule has 3 rings (SSSR count). The number of hydrogen-bond donors (Lipinski definition) is 2. The van der Waals surface area contributed by atoms with Crippen molar-refractivity contribution < 1.29 is 9.90 Å². The van der Waals surface area contributed by atoms with Crippen LogP contribution in [-0.2, 0) is 4.79 Å². The molecular formula is C21H31NO2. The van der Waals surface area contributed by atoms with E-state index in [2.05, 4.69) is 36.5 Å². The van der Waals surface area contributed by atoms with Crippen LogP contribution in [-0.4, -0.2) is 24.2 Å². The Morgan fingerprint density at radius 1 is 1.21 bits per heavy atom. The minimum atomic E-state index is -0.0765. The van der Waals surface area contributed by atoms with Gasteiger partial charge in [0.15, 0.2) is 0 Å². The van der Waals surface area contributed by atoms with Gasteiger partial charge in [-0.3, -0.25) is 4.79 Å². The highest BCUT2D eigenvalue weighted by molar-refractivity contribution is 5.77. The number of aryl methyl sites for hydroxylation is 1. The standard InChI is InChI=1S/C21H31NO2/c1-16-5-7-17(8-6-16)19(18-9-10-18)13-20(24)22-14-21(15-23)11-3-2-4-12-21/h5-8,18-19,23H,2-4,9-15H2,1H3,(H,22,24). The lowest BCUT2D eigenvalue weighted by Crippen LogP contribution is -2.41. The van der Waals surface area contributed by atoms with Crippen LogP contribution in [0.25, 0.3) is 0 Å². The van der Waals surface area contributed by atoms with Gasteiger partial charge in [0.2, 0.25) is 5.91 Å². The van der Waals surface area contributed by atoms with Gasteiger partial charge in [0.1, 0.15) is 0 Å². The molecule has 2 saturated carbocycles. The topological polar surface area (TPSA) is 49.3 Å². The molecule has 1 aromatic carbocycles. The normalized spacial score (nSPS) is 21.2. The first-order valence-corrected chi connectivity index (χ1v) is 9.56. The molecule has 2 aliphatic carbocycles. The summed E-state index contributed by atoms with van der Waals surface area (Å²) < 4.78 is 0. The van der Waals surface area contributed by atoms with Crippen molar-refractivity contribution in [1.82, 2.24) is 5.32 Å². The van der Waals surface area contributed by atoms with Crippen LogP contribution in [0.3, 0.4) is 0 Å². The number of carbonyl (C=O) groups is 1. The fraction of sp³-hybridized carbons (Fsp3) is 0.667. The molecular weight excluding hydrogens is 298 g/mol. The van der Waals surface area contributed by atoms with E-state index in [-0.39, 0.29) is 17.9 Å². The highest BCUT2D eigenvalue weighted by Gasteiger charge is 2.35. The van der Waals surface area contributed by atoms with Gasteiger partial charge < -0.3 is 10.4 Å². The molecule has 3 nitrogen and oxygen atoms in total. The maximum atomic E-state index is 12.5. The molecule has 0 heterocycles. The zero-order chi connectivity index (χ0) is 17.0. The number of rotatable bonds is 7. The molecule has 1 aromatic rings. The van der Waals surface area contributed by atoms with Gasteiger partial charge in [-0.2, -0.15) is 0 Å². The molecule has 0 aromatic heterocycles. The van der Waals surface area contributed by atoms with E-state index in [9.17, 15) is 9.90 Å². The minimum Gasteiger partial charge on any atom is -0.396 e. The second-order valence-corrected chi connectivity index (χ2v) is 8.05. The first-order valence-electron chi connectivity index (χ1n) is 9.56. The highest BCUT2D eigenvalue weighted by Crippen LogP contribution is 2.44. The van der Waals surface area contributed by atoms with Crippen molar-refractivity contribution in [3.05, 3.63) is 35.4 Å². The first-order chi connectivity index (χ1) is 11.6. The largest absolute Gasteiger partial charge is 0.396 e. The molecule has 2 fully saturated rings. The summed E-state index contributed by atoms with van der Waals surface area (Å²) in [6.45, 7) is 2.92. The predicted octanol–water partition coefficient (Wildman–Crippen LogP) is 3.94. The van der Waals surface area contributed by atoms with E-state index in [4.69, 9.17) is 0 Å². The van der Waals surface area contributed by atoms with Crippen LogP contribution in [0.2, 0.25) is 0 Å². The van der Waals surface area contributed by atoms with Gasteiger partial charge in [-0.05, 0) is 50.0 Å². The Morgan fingerprint density at radius 3 is 2.46 bits per heavy atom. The third kappa shape index (κ3) is 4.38. The van der Waals surface area contributed by atoms with Crippen LogP contribution >= 0.6 is 0 Å². The van der Waals surface area contributed by atoms with E-state index < -0.39 is 0 Å². The number of amides is 1. The van der Waals surface area contributed by atoms with E-state index in [0.29, 0.717) is 24.8 Å². The van der Waals surface area contributed by atoms with Gasteiger partial charge in [0.05, 0.1) is 6.61 Å². The van der Waals surface area contributed by atoms with Crippen molar-refractivity contribution in [3.8, 4) is 0 Å². The molecule has 0 radical (unpaired) electrons. The average molecular weight is 329 g/mol. The van der Waals surface area contributed by atoms with Gasteiger partial charge in [-0.1, -0.05) is 49.1 Å². The monoisotopic (exact) mass is 329 g/mol. The molecule has 2 aliphatic rings. The Kier molecular flexibility index (Phi) is 5.60. The maximum Gasteiger partial charge on any atom is 0.220 e. The van der Waals surface area contributed by atoms with Crippen LogP contribution < -0.4 is 5.32 Å². The van der Waals surface area contributed by atoms with Gasteiger partial charge in [-0.15, -0.1) is 0 Å². The van der Waals surface area contributed by atoms with Crippen LogP contribution in [0.4, 0.5) is 0 Å². The zero-order valence-electron chi connectivity index (χ0n) is 14.9. The van der Waals surface area contributed by atoms with Gasteiger partial charge in [-0.25, -0.2) is 0 Å². The van der Waals surface area contributed by atoms with Crippen molar-refractivity contribution in [1.29, 1.82) is 0 Å². The van der Waals surface area contributed by atoms with E-state index in [1.807, 2.05) is 0 Å². The van der Waals surface area contributed by atoms with Crippen LogP contribution in [0.5, 0.6) is 0 Å². The third-order valence-corrected chi connectivity index (χ3v) is 6.01. The lowest BCUT2D eigenvalue weighted by atomic mass is 9.74. The van der Waals surface area contributed by atoms with Gasteiger partial charge in [0, 0.05) is 18.4 Å². The Labute approximate surface area is 145 Å². The third-order valence-electron chi connectivity index (χ3n) is 6.01. The highest BCUT2D eigenvalue weighted by atomic mass is 16.3. The predicted molar refractivity (Wildman–Crippen MR) is 96.9 cm³/mol. The number of benzene rings is 1. The van der Waals surface area contributed by atoms with Crippen molar-refractivity contribution in [3.63, 3.8) is 0 Å². The van der Waals surface area contributed by atoms with Crippen molar-refractivity contribution in [2.45, 2.75) is 64.2 Å². The Morgan fingerprint density at radius 2 is 1.88 bits per heavy atom. The maximum absolute atomic E-state index is 12.5. The number of hydrogen-bond acceptors (Lipinski definition) is 2. The fourth-order valence-corrected chi connectivity index (χ4v) is 4.12. The smallest absolute Gasteiger partial charge is 0.220 e. The van der Waals surface area contributed by atoms with Crippen molar-refractivity contribution in [2.75, 3.05) is 13.2 Å². The SMILES string of the molecule is Cc1ccc(C(CC(=O)NCC2(CO)CCCCC2)C2CC2)cc1. The Bertz CT molecular complexity index is 541. The van der Waals surface area contributed by atoms with Crippen LogP contribution in [0.15, 0.2) is 24.3 Å². The van der Waals surface area contributed by atoms with Crippen molar-refractivity contribution >= 4 is 5.91 Å². The molecule has 0 saturated heterocycles. The molecule has 1 amide bonds. The lowest BCUT2D eigenvalue weighted by Gasteiger charge is -2.35. The van der Waals surface area contributed by atoms with E-state index in [0.717, 1.165) is 12.8 Å². The van der Waals surface area contributed by atoms with E-state index in [1.165, 1.54) is 43.2 Å². The molecule has 0 bridgehead atoms. The van der Waals surface area contributed by atoms with Crippen LogP contribution in [0, 0.1) is 18.3 Å². The quantitative estimate of drug-likeness (QED) is 0.796. The summed E-state index contributed by atoms with van der Waals surface area (Å²) in [4.78, 5) is 12.5. The van der Waals surface area contributed by atoms with Crippen molar-refractivity contribution in [2.24, 2.45) is 11.3 Å². The minimum absolute atomic E-state index is 0.0765. The fourth-order valence-electron chi connectivity index (χ4n) is 4.12. The summed E-state index contributed by atoms with van der Waals surface area (Å²) in [6, 6.07) is 8.65. The molecule has 1 unspecified atom stereocenters. The van der Waals surface area contributed by atoms with Gasteiger partial charge in [0.25, 0.3) is 0 Å². The second-order valence-electron chi connectivity index (χ2n) is 8.05. The summed E-state index contributed by atoms with van der Waals surface area (Å²) in [5, 5.41) is 12.9. The molecule has 1 atom stereocenters. The lowest BCUT2D eigenvalue weighted by molar-refractivity contribution is -0.122. The Hall–Kier alpha value is -1.35. The summed E-state index contributed by atoms with van der Waals surface area (Å²) in [6.07, 6.45) is 8.73. The Balaban J connectivity index is 1.57. The molecule has 24 heavy (non-hydrogen) atoms. The zero-order valence-corrected chi connectivity index (χ0v) is 14.9. The van der Waals surface area contributed by atoms with Crippen LogP contribution in [0.1, 0.15) is 68.4 Å². The molecule has 132 valence electrons. The van der Waals surface area contributed by atoms with E-state index in [1.54, 1.807) is 0 Å².